The van der Waals surface area contributed by atoms with E-state index in [0.29, 0.717) is 50.1 Å². The SMILES string of the molecule is CSc1ccc(CCCC(=O)C2CCN(C(=O)O)CC2)cc1F. The van der Waals surface area contributed by atoms with Gasteiger partial charge in [0.15, 0.2) is 0 Å². The van der Waals surface area contributed by atoms with Gasteiger partial charge in [0.25, 0.3) is 0 Å². The molecule has 0 aliphatic carbocycles. The van der Waals surface area contributed by atoms with Crippen molar-refractivity contribution in [1.29, 1.82) is 0 Å². The van der Waals surface area contributed by atoms with Crippen molar-refractivity contribution < 1.29 is 19.1 Å². The summed E-state index contributed by atoms with van der Waals surface area (Å²) < 4.78 is 13.7. The highest BCUT2D eigenvalue weighted by molar-refractivity contribution is 7.98. The standard InChI is InChI=1S/C17H22FNO3S/c1-23-16-6-5-12(11-14(16)18)3-2-4-15(20)13-7-9-19(10-8-13)17(21)22/h5-6,11,13H,2-4,7-10H2,1H3,(H,21,22). The van der Waals surface area contributed by atoms with E-state index in [1.807, 2.05) is 12.3 Å². The number of aryl methyl sites for hydroxylation is 1. The monoisotopic (exact) mass is 339 g/mol. The summed E-state index contributed by atoms with van der Waals surface area (Å²) in [5, 5.41) is 8.90. The van der Waals surface area contributed by atoms with Crippen LogP contribution in [0.15, 0.2) is 23.1 Å². The van der Waals surface area contributed by atoms with Crippen LogP contribution in [0, 0.1) is 11.7 Å². The quantitative estimate of drug-likeness (QED) is 0.800. The summed E-state index contributed by atoms with van der Waals surface area (Å²) in [6.07, 6.45) is 4.02. The Morgan fingerprint density at radius 2 is 2.04 bits per heavy atom. The summed E-state index contributed by atoms with van der Waals surface area (Å²) in [4.78, 5) is 25.0. The third-order valence-corrected chi connectivity index (χ3v) is 5.10. The molecule has 23 heavy (non-hydrogen) atoms. The van der Waals surface area contributed by atoms with E-state index in [0.717, 1.165) is 5.56 Å². The number of carboxylic acid groups (broad SMARTS) is 1. The summed E-state index contributed by atoms with van der Waals surface area (Å²) in [6.45, 7) is 0.875. The molecule has 1 saturated heterocycles. The van der Waals surface area contributed by atoms with E-state index in [4.69, 9.17) is 5.11 Å². The number of amides is 1. The van der Waals surface area contributed by atoms with Crippen LogP contribution in [-0.4, -0.2) is 41.2 Å². The molecule has 1 amide bonds. The molecule has 0 atom stereocenters. The molecule has 126 valence electrons. The largest absolute Gasteiger partial charge is 0.465 e. The van der Waals surface area contributed by atoms with E-state index >= 15 is 0 Å². The van der Waals surface area contributed by atoms with E-state index in [1.165, 1.54) is 16.7 Å². The lowest BCUT2D eigenvalue weighted by atomic mass is 9.90. The molecule has 1 fully saturated rings. The Bertz CT molecular complexity index is 571. The minimum atomic E-state index is -0.911. The van der Waals surface area contributed by atoms with Crippen molar-refractivity contribution in [3.8, 4) is 0 Å². The summed E-state index contributed by atoms with van der Waals surface area (Å²) in [5.74, 6) is -0.0279. The zero-order valence-corrected chi connectivity index (χ0v) is 14.1. The second-order valence-corrected chi connectivity index (χ2v) is 6.68. The highest BCUT2D eigenvalue weighted by atomic mass is 32.2. The van der Waals surface area contributed by atoms with Gasteiger partial charge in [0.2, 0.25) is 0 Å². The highest BCUT2D eigenvalue weighted by Crippen LogP contribution is 2.22. The molecule has 1 N–H and O–H groups in total. The third-order valence-electron chi connectivity index (χ3n) is 4.33. The molecule has 1 aliphatic rings. The predicted octanol–water partition coefficient (Wildman–Crippen LogP) is 3.83. The maximum absolute atomic E-state index is 13.7. The zero-order valence-electron chi connectivity index (χ0n) is 13.3. The van der Waals surface area contributed by atoms with Crippen molar-refractivity contribution in [1.82, 2.24) is 4.90 Å². The molecule has 1 aromatic carbocycles. The molecule has 0 spiro atoms. The normalized spacial score (nSPS) is 15.7. The van der Waals surface area contributed by atoms with Gasteiger partial charge in [-0.25, -0.2) is 9.18 Å². The molecule has 0 saturated carbocycles. The maximum Gasteiger partial charge on any atom is 0.407 e. The van der Waals surface area contributed by atoms with E-state index in [2.05, 4.69) is 0 Å². The Morgan fingerprint density at radius 3 is 2.61 bits per heavy atom. The van der Waals surface area contributed by atoms with Gasteiger partial charge in [-0.2, -0.15) is 0 Å². The van der Waals surface area contributed by atoms with Crippen molar-refractivity contribution in [3.63, 3.8) is 0 Å². The maximum atomic E-state index is 13.7. The smallest absolute Gasteiger partial charge is 0.407 e. The van der Waals surface area contributed by atoms with Gasteiger partial charge in [-0.15, -0.1) is 11.8 Å². The fourth-order valence-electron chi connectivity index (χ4n) is 2.93. The number of piperidine rings is 1. The van der Waals surface area contributed by atoms with Gasteiger partial charge in [-0.3, -0.25) is 4.79 Å². The zero-order chi connectivity index (χ0) is 16.8. The topological polar surface area (TPSA) is 57.6 Å². The van der Waals surface area contributed by atoms with Crippen molar-refractivity contribution in [2.24, 2.45) is 5.92 Å². The number of carbonyl (C=O) groups is 2. The van der Waals surface area contributed by atoms with Gasteiger partial charge in [0.05, 0.1) is 0 Å². The summed E-state index contributed by atoms with van der Waals surface area (Å²) >= 11 is 1.38. The Hall–Kier alpha value is -1.56. The van der Waals surface area contributed by atoms with Gasteiger partial charge in [-0.05, 0) is 49.6 Å². The molecule has 0 aromatic heterocycles. The molecule has 1 heterocycles. The van der Waals surface area contributed by atoms with Gasteiger partial charge in [0, 0.05) is 30.3 Å². The number of hydrogen-bond acceptors (Lipinski definition) is 3. The van der Waals surface area contributed by atoms with Crippen molar-refractivity contribution in [2.75, 3.05) is 19.3 Å². The first-order chi connectivity index (χ1) is 11.0. The van der Waals surface area contributed by atoms with Gasteiger partial charge in [0.1, 0.15) is 11.6 Å². The number of ketones is 1. The summed E-state index contributed by atoms with van der Waals surface area (Å²) in [7, 11) is 0. The first-order valence-electron chi connectivity index (χ1n) is 7.84. The second-order valence-electron chi connectivity index (χ2n) is 5.83. The number of Topliss-reactive ketones (excluding diaryl/α,β-unsaturated/α-hetero) is 1. The van der Waals surface area contributed by atoms with Crippen molar-refractivity contribution in [2.45, 2.75) is 37.0 Å². The van der Waals surface area contributed by atoms with E-state index < -0.39 is 6.09 Å². The van der Waals surface area contributed by atoms with Gasteiger partial charge >= 0.3 is 6.09 Å². The molecule has 2 rings (SSSR count). The average Bonchev–Trinajstić information content (AvgIpc) is 2.55. The number of nitrogens with zero attached hydrogens (tertiary/aromatic N) is 1. The number of hydrogen-bond donors (Lipinski definition) is 1. The fourth-order valence-corrected chi connectivity index (χ4v) is 3.39. The van der Waals surface area contributed by atoms with Crippen LogP contribution in [0.5, 0.6) is 0 Å². The average molecular weight is 339 g/mol. The number of halogens is 1. The van der Waals surface area contributed by atoms with Crippen molar-refractivity contribution in [3.05, 3.63) is 29.6 Å². The van der Waals surface area contributed by atoms with Crippen LogP contribution >= 0.6 is 11.8 Å². The third kappa shape index (κ3) is 4.96. The highest BCUT2D eigenvalue weighted by Gasteiger charge is 2.26. The molecular weight excluding hydrogens is 317 g/mol. The number of carbonyl (C=O) groups excluding carboxylic acids is 1. The number of rotatable bonds is 6. The Kier molecular flexibility index (Phi) is 6.45. The van der Waals surface area contributed by atoms with Crippen LogP contribution in [0.4, 0.5) is 9.18 Å². The molecule has 1 aliphatic heterocycles. The molecular formula is C17H22FNO3S. The van der Waals surface area contributed by atoms with Crippen LogP contribution in [0.3, 0.4) is 0 Å². The van der Waals surface area contributed by atoms with E-state index in [-0.39, 0.29) is 17.5 Å². The number of likely N-dealkylation sites (tertiary alicyclic amines) is 1. The van der Waals surface area contributed by atoms with Crippen LogP contribution in [-0.2, 0) is 11.2 Å². The first kappa shape index (κ1) is 17.8. The molecule has 0 radical (unpaired) electrons. The Morgan fingerprint density at radius 1 is 1.35 bits per heavy atom. The van der Waals surface area contributed by atoms with E-state index in [1.54, 1.807) is 12.1 Å². The van der Waals surface area contributed by atoms with Crippen molar-refractivity contribution >= 4 is 23.6 Å². The van der Waals surface area contributed by atoms with Gasteiger partial charge in [-0.1, -0.05) is 6.07 Å². The first-order valence-corrected chi connectivity index (χ1v) is 9.06. The Balaban J connectivity index is 1.75. The van der Waals surface area contributed by atoms with Gasteiger partial charge < -0.3 is 10.0 Å². The predicted molar refractivity (Wildman–Crippen MR) is 88.4 cm³/mol. The van der Waals surface area contributed by atoms with Crippen LogP contribution in [0.2, 0.25) is 0 Å². The lowest BCUT2D eigenvalue weighted by molar-refractivity contribution is -0.124. The van der Waals surface area contributed by atoms with Crippen LogP contribution in [0.1, 0.15) is 31.2 Å². The molecule has 4 nitrogen and oxygen atoms in total. The molecule has 1 aromatic rings. The van der Waals surface area contributed by atoms with E-state index in [9.17, 15) is 14.0 Å². The lowest BCUT2D eigenvalue weighted by Gasteiger charge is -2.29. The minimum absolute atomic E-state index is 0.0267. The van der Waals surface area contributed by atoms with Crippen LogP contribution < -0.4 is 0 Å². The minimum Gasteiger partial charge on any atom is -0.465 e. The number of thioether (sulfide) groups is 1. The molecule has 0 unspecified atom stereocenters. The number of benzene rings is 1. The summed E-state index contributed by atoms with van der Waals surface area (Å²) in [5.41, 5.74) is 0.911. The molecule has 0 bridgehead atoms. The summed E-state index contributed by atoms with van der Waals surface area (Å²) in [6, 6.07) is 5.23. The second kappa shape index (κ2) is 8.34. The molecule has 6 heteroatoms. The Labute approximate surface area is 140 Å². The van der Waals surface area contributed by atoms with Crippen LogP contribution in [0.25, 0.3) is 0 Å². The fraction of sp³-hybridized carbons (Fsp3) is 0.529. The lowest BCUT2D eigenvalue weighted by Crippen LogP contribution is -2.39.